The molecule has 1 aromatic heterocycles. The van der Waals surface area contributed by atoms with Crippen molar-refractivity contribution in [1.29, 1.82) is 0 Å². The minimum Gasteiger partial charge on any atom is -0.370 e. The van der Waals surface area contributed by atoms with E-state index in [4.69, 9.17) is 0 Å². The molecule has 0 radical (unpaired) electrons. The average Bonchev–Trinajstić information content (AvgIpc) is 2.17. The van der Waals surface area contributed by atoms with Crippen molar-refractivity contribution in [1.82, 2.24) is 10.3 Å². The van der Waals surface area contributed by atoms with Crippen LogP contribution in [0.1, 0.15) is 24.5 Å². The molecule has 1 heterocycles. The Morgan fingerprint density at radius 3 is 2.79 bits per heavy atom. The van der Waals surface area contributed by atoms with Gasteiger partial charge in [0.2, 0.25) is 0 Å². The fourth-order valence-electron chi connectivity index (χ4n) is 1.36. The molecule has 0 fully saturated rings. The number of nitrogens with zero attached hydrogens (tertiary/aromatic N) is 1. The van der Waals surface area contributed by atoms with E-state index in [1.807, 2.05) is 13.2 Å². The van der Waals surface area contributed by atoms with Crippen LogP contribution < -0.4 is 10.6 Å². The van der Waals surface area contributed by atoms with Crippen molar-refractivity contribution in [3.8, 4) is 0 Å². The van der Waals surface area contributed by atoms with Gasteiger partial charge in [0.25, 0.3) is 0 Å². The number of rotatable bonds is 5. The van der Waals surface area contributed by atoms with Gasteiger partial charge in [-0.25, -0.2) is 4.98 Å². The average molecular weight is 193 g/mol. The summed E-state index contributed by atoms with van der Waals surface area (Å²) in [5, 5.41) is 6.41. The molecule has 3 nitrogen and oxygen atoms in total. The van der Waals surface area contributed by atoms with Crippen LogP contribution in [0.2, 0.25) is 0 Å². The first kappa shape index (κ1) is 11.0. The molecule has 78 valence electrons. The van der Waals surface area contributed by atoms with Gasteiger partial charge in [-0.15, -0.1) is 0 Å². The summed E-state index contributed by atoms with van der Waals surface area (Å²) in [6.45, 7) is 6.10. The molecular formula is C11H19N3. The van der Waals surface area contributed by atoms with Gasteiger partial charge < -0.3 is 10.6 Å². The van der Waals surface area contributed by atoms with Crippen LogP contribution in [0.5, 0.6) is 0 Å². The van der Waals surface area contributed by atoms with Gasteiger partial charge in [-0.2, -0.15) is 0 Å². The standard InChI is InChI=1S/C11H19N3/c1-4-5-13-11-9(2)6-10(7-12-3)8-14-11/h6,8,12H,4-5,7H2,1-3H3,(H,13,14). The monoisotopic (exact) mass is 193 g/mol. The van der Waals surface area contributed by atoms with Gasteiger partial charge in [-0.3, -0.25) is 0 Å². The molecule has 0 atom stereocenters. The lowest BCUT2D eigenvalue weighted by Gasteiger charge is -2.08. The van der Waals surface area contributed by atoms with E-state index in [2.05, 4.69) is 35.5 Å². The highest BCUT2D eigenvalue weighted by Crippen LogP contribution is 2.12. The summed E-state index contributed by atoms with van der Waals surface area (Å²) in [6.07, 6.45) is 3.04. The molecule has 0 saturated heterocycles. The van der Waals surface area contributed by atoms with E-state index in [1.54, 1.807) is 0 Å². The Bertz CT molecular complexity index is 284. The molecule has 1 rings (SSSR count). The Kier molecular flexibility index (Phi) is 4.40. The number of aryl methyl sites for hydroxylation is 1. The highest BCUT2D eigenvalue weighted by molar-refractivity contribution is 5.44. The summed E-state index contributed by atoms with van der Waals surface area (Å²) in [5.41, 5.74) is 2.44. The highest BCUT2D eigenvalue weighted by Gasteiger charge is 1.99. The minimum absolute atomic E-state index is 0.877. The van der Waals surface area contributed by atoms with Crippen LogP contribution in [0.4, 0.5) is 5.82 Å². The Labute approximate surface area is 85.9 Å². The van der Waals surface area contributed by atoms with E-state index in [0.29, 0.717) is 0 Å². The molecule has 3 heteroatoms. The Hall–Kier alpha value is -1.09. The topological polar surface area (TPSA) is 37.0 Å². The number of pyridine rings is 1. The molecule has 0 aromatic carbocycles. The van der Waals surface area contributed by atoms with Crippen LogP contribution in [0.25, 0.3) is 0 Å². The molecule has 2 N–H and O–H groups in total. The summed E-state index contributed by atoms with van der Waals surface area (Å²) in [6, 6.07) is 2.17. The van der Waals surface area contributed by atoms with Gasteiger partial charge >= 0.3 is 0 Å². The lowest BCUT2D eigenvalue weighted by molar-refractivity contribution is 0.811. The van der Waals surface area contributed by atoms with Crippen molar-refractivity contribution in [2.24, 2.45) is 0 Å². The smallest absolute Gasteiger partial charge is 0.128 e. The second-order valence-corrected chi connectivity index (χ2v) is 3.47. The molecule has 0 aliphatic heterocycles. The quantitative estimate of drug-likeness (QED) is 0.750. The lowest BCUT2D eigenvalue weighted by atomic mass is 10.2. The van der Waals surface area contributed by atoms with E-state index in [0.717, 1.165) is 25.3 Å². The molecule has 0 amide bonds. The number of hydrogen-bond donors (Lipinski definition) is 2. The normalized spacial score (nSPS) is 10.2. The van der Waals surface area contributed by atoms with Gasteiger partial charge in [0, 0.05) is 19.3 Å². The summed E-state index contributed by atoms with van der Waals surface area (Å²) in [5.74, 6) is 1.01. The van der Waals surface area contributed by atoms with Crippen LogP contribution >= 0.6 is 0 Å². The second kappa shape index (κ2) is 5.60. The van der Waals surface area contributed by atoms with Crippen LogP contribution in [-0.4, -0.2) is 18.6 Å². The van der Waals surface area contributed by atoms with Crippen LogP contribution in [0.3, 0.4) is 0 Å². The van der Waals surface area contributed by atoms with Crippen molar-refractivity contribution >= 4 is 5.82 Å². The molecule has 0 saturated carbocycles. The van der Waals surface area contributed by atoms with E-state index < -0.39 is 0 Å². The van der Waals surface area contributed by atoms with Crippen LogP contribution in [-0.2, 0) is 6.54 Å². The zero-order chi connectivity index (χ0) is 10.4. The predicted octanol–water partition coefficient (Wildman–Crippen LogP) is 1.93. The zero-order valence-corrected chi connectivity index (χ0v) is 9.22. The first-order valence-corrected chi connectivity index (χ1v) is 5.12. The minimum atomic E-state index is 0.877. The molecule has 0 aliphatic carbocycles. The third-order valence-electron chi connectivity index (χ3n) is 2.06. The highest BCUT2D eigenvalue weighted by atomic mass is 15.0. The van der Waals surface area contributed by atoms with Crippen molar-refractivity contribution in [2.45, 2.75) is 26.8 Å². The molecule has 1 aromatic rings. The van der Waals surface area contributed by atoms with E-state index in [9.17, 15) is 0 Å². The lowest BCUT2D eigenvalue weighted by Crippen LogP contribution is -2.08. The van der Waals surface area contributed by atoms with Crippen molar-refractivity contribution in [2.75, 3.05) is 18.9 Å². The van der Waals surface area contributed by atoms with Gasteiger partial charge in [0.1, 0.15) is 5.82 Å². The third kappa shape index (κ3) is 3.00. The number of hydrogen-bond acceptors (Lipinski definition) is 3. The maximum atomic E-state index is 4.38. The summed E-state index contributed by atoms with van der Waals surface area (Å²) in [7, 11) is 1.94. The Balaban J connectivity index is 2.68. The van der Waals surface area contributed by atoms with E-state index >= 15 is 0 Å². The summed E-state index contributed by atoms with van der Waals surface area (Å²) >= 11 is 0. The van der Waals surface area contributed by atoms with Crippen LogP contribution in [0, 0.1) is 6.92 Å². The Morgan fingerprint density at radius 2 is 2.21 bits per heavy atom. The fraction of sp³-hybridized carbons (Fsp3) is 0.545. The van der Waals surface area contributed by atoms with Crippen LogP contribution in [0.15, 0.2) is 12.3 Å². The summed E-state index contributed by atoms with van der Waals surface area (Å²) in [4.78, 5) is 4.38. The number of aromatic nitrogens is 1. The van der Waals surface area contributed by atoms with Crippen molar-refractivity contribution in [3.63, 3.8) is 0 Å². The first-order valence-electron chi connectivity index (χ1n) is 5.12. The largest absolute Gasteiger partial charge is 0.370 e. The van der Waals surface area contributed by atoms with Crippen molar-refractivity contribution < 1.29 is 0 Å². The molecule has 0 aliphatic rings. The van der Waals surface area contributed by atoms with Gasteiger partial charge in [0.05, 0.1) is 0 Å². The Morgan fingerprint density at radius 1 is 1.43 bits per heavy atom. The van der Waals surface area contributed by atoms with E-state index in [1.165, 1.54) is 11.1 Å². The maximum Gasteiger partial charge on any atom is 0.128 e. The molecule has 0 bridgehead atoms. The predicted molar refractivity (Wildman–Crippen MR) is 60.5 cm³/mol. The van der Waals surface area contributed by atoms with Gasteiger partial charge in [0.15, 0.2) is 0 Å². The van der Waals surface area contributed by atoms with Gasteiger partial charge in [-0.1, -0.05) is 6.92 Å². The third-order valence-corrected chi connectivity index (χ3v) is 2.06. The first-order chi connectivity index (χ1) is 6.77. The van der Waals surface area contributed by atoms with Crippen molar-refractivity contribution in [3.05, 3.63) is 23.4 Å². The number of nitrogens with one attached hydrogen (secondary N) is 2. The SMILES string of the molecule is CCCNc1ncc(CNC)cc1C. The summed E-state index contributed by atoms with van der Waals surface area (Å²) < 4.78 is 0. The number of anilines is 1. The second-order valence-electron chi connectivity index (χ2n) is 3.47. The molecule has 0 unspecified atom stereocenters. The van der Waals surface area contributed by atoms with Gasteiger partial charge in [-0.05, 0) is 37.6 Å². The van der Waals surface area contributed by atoms with E-state index in [-0.39, 0.29) is 0 Å². The molecule has 0 spiro atoms. The zero-order valence-electron chi connectivity index (χ0n) is 9.22. The maximum absolute atomic E-state index is 4.38. The molecule has 14 heavy (non-hydrogen) atoms. The fourth-order valence-corrected chi connectivity index (χ4v) is 1.36. The molecular weight excluding hydrogens is 174 g/mol.